The van der Waals surface area contributed by atoms with Crippen LogP contribution in [0.4, 0.5) is 22.7 Å². The van der Waals surface area contributed by atoms with E-state index >= 15 is 0 Å². The van der Waals surface area contributed by atoms with Crippen molar-refractivity contribution in [2.45, 2.75) is 55.4 Å². The van der Waals surface area contributed by atoms with Crippen molar-refractivity contribution >= 4 is 35.2 Å². The summed E-state index contributed by atoms with van der Waals surface area (Å²) in [6, 6.07) is 29.8. The van der Waals surface area contributed by atoms with Crippen molar-refractivity contribution in [2.75, 3.05) is 0 Å². The van der Waals surface area contributed by atoms with Gasteiger partial charge in [0.2, 0.25) is 0 Å². The van der Waals surface area contributed by atoms with Crippen LogP contribution in [0.3, 0.4) is 0 Å². The Morgan fingerprint density at radius 1 is 0.471 bits per heavy atom. The maximum Gasteiger partial charge on any atom is 2.00 e. The summed E-state index contributed by atoms with van der Waals surface area (Å²) in [7, 11) is 0. The number of hydrogen-bond acceptors (Lipinski definition) is 6. The van der Waals surface area contributed by atoms with Crippen LogP contribution in [0.15, 0.2) is 82.8 Å². The van der Waals surface area contributed by atoms with Crippen LogP contribution in [0.25, 0.3) is 9.69 Å². The molecule has 0 bridgehead atoms. The van der Waals surface area contributed by atoms with Gasteiger partial charge in [0, 0.05) is 0 Å². The predicted octanol–water partition coefficient (Wildman–Crippen LogP) is 10.6. The summed E-state index contributed by atoms with van der Waals surface area (Å²) in [6.45, 7) is 28.8. The molecule has 0 unspecified atom stereocenters. The maximum atomic E-state index is 9.82. The van der Waals surface area contributed by atoms with E-state index in [4.69, 9.17) is 13.1 Å². The number of rotatable bonds is 5. The number of nitrogens with zero attached hydrogens (tertiary/aromatic N) is 8. The minimum atomic E-state index is -2.33. The molecule has 0 saturated carbocycles. The molecule has 4 rings (SSSR count). The van der Waals surface area contributed by atoms with Gasteiger partial charge in [0.25, 0.3) is 0 Å². The average molecular weight is 848 g/mol. The first-order chi connectivity index (χ1) is 23.8. The molecule has 8 nitrogen and oxygen atoms in total. The number of para-hydroxylation sites is 4. The van der Waals surface area contributed by atoms with Crippen LogP contribution < -0.4 is 0 Å². The summed E-state index contributed by atoms with van der Waals surface area (Å²) >= 11 is 0. The molecule has 0 saturated heterocycles. The zero-order chi connectivity index (χ0) is 37.5. The Bertz CT molecular complexity index is 1920. The van der Waals surface area contributed by atoms with E-state index < -0.39 is 10.8 Å². The first-order valence-corrected chi connectivity index (χ1v) is 15.4. The number of benzene rings is 4. The normalized spacial score (nSPS) is 10.3. The second-order valence-corrected chi connectivity index (χ2v) is 11.6. The summed E-state index contributed by atoms with van der Waals surface area (Å²) < 4.78 is 0. The zero-order valence-corrected chi connectivity index (χ0v) is 32.1. The van der Waals surface area contributed by atoms with Crippen LogP contribution in [0.2, 0.25) is 0 Å². The SMILES string of the molecule is Cc1cccc(C)c1N=[C-]C(C#N)(C#N)C(C#N)(C#N)[C-]=Nc1c(C)cccc1C.[C-]#[N+]c1c(C)cccc1C.[C-]#[N+]c1c(C)cccc1C.[Pt+2]. The molecule has 4 aromatic carbocycles. The Hall–Kier alpha value is -6.15. The van der Waals surface area contributed by atoms with Crippen LogP contribution in [0.5, 0.6) is 0 Å². The number of hydrogen-bond donors (Lipinski definition) is 0. The molecule has 0 N–H and O–H groups in total. The summed E-state index contributed by atoms with van der Waals surface area (Å²) in [5.74, 6) is 0. The molecule has 0 aliphatic heterocycles. The largest absolute Gasteiger partial charge is 2.00 e. The standard InChI is InChI=1S/C24H18N6.2C9H9N.Pt/c1-17-7-5-8-18(2)21(17)29-15-23(11-25,12-26)24(13-27,14-28)16-30-22-19(3)9-6-10-20(22)4;2*1-7-5-4-6-8(2)9(7)10-3;/h5-10H,1-4H3;2*4-6H,1-2H3;/q-2;;;+2. The summed E-state index contributed by atoms with van der Waals surface area (Å²) in [5, 5.41) is 39.3. The zero-order valence-electron chi connectivity index (χ0n) is 29.8. The summed E-state index contributed by atoms with van der Waals surface area (Å²) in [5.41, 5.74) is 5.45. The minimum absolute atomic E-state index is 0. The summed E-state index contributed by atoms with van der Waals surface area (Å²) in [6.07, 6.45) is 4.95. The van der Waals surface area contributed by atoms with E-state index in [9.17, 15) is 21.0 Å². The molecule has 0 spiro atoms. The minimum Gasteiger partial charge on any atom is -0.453 e. The summed E-state index contributed by atoms with van der Waals surface area (Å²) in [4.78, 5) is 15.2. The van der Waals surface area contributed by atoms with Crippen LogP contribution in [0.1, 0.15) is 44.5 Å². The Morgan fingerprint density at radius 2 is 0.686 bits per heavy atom. The molecule has 0 aliphatic rings. The molecule has 51 heavy (non-hydrogen) atoms. The van der Waals surface area contributed by atoms with Crippen molar-refractivity contribution in [2.24, 2.45) is 20.8 Å². The molecule has 0 radical (unpaired) electrons. The van der Waals surface area contributed by atoms with Crippen LogP contribution in [-0.4, -0.2) is 12.4 Å². The van der Waals surface area contributed by atoms with Gasteiger partial charge in [-0.2, -0.15) is 21.0 Å². The molecule has 0 aromatic heterocycles. The van der Waals surface area contributed by atoms with E-state index in [-0.39, 0.29) is 21.1 Å². The van der Waals surface area contributed by atoms with Crippen LogP contribution in [0, 0.1) is 125 Å². The number of aryl methyl sites for hydroxylation is 8. The predicted molar refractivity (Wildman–Crippen MR) is 198 cm³/mol. The molecular weight excluding hydrogens is 812 g/mol. The maximum absolute atomic E-state index is 9.82. The van der Waals surface area contributed by atoms with Gasteiger partial charge in [-0.1, -0.05) is 112 Å². The average Bonchev–Trinajstić information content (AvgIpc) is 3.09. The van der Waals surface area contributed by atoms with Crippen molar-refractivity contribution < 1.29 is 21.1 Å². The molecule has 0 aliphatic carbocycles. The fourth-order valence-electron chi connectivity index (χ4n) is 4.86. The number of nitriles is 4. The van der Waals surface area contributed by atoms with Crippen molar-refractivity contribution in [3.05, 3.63) is 140 Å². The van der Waals surface area contributed by atoms with E-state index in [0.717, 1.165) is 55.9 Å². The van der Waals surface area contributed by atoms with Crippen molar-refractivity contribution in [3.63, 3.8) is 0 Å². The van der Waals surface area contributed by atoms with Crippen molar-refractivity contribution in [3.8, 4) is 24.3 Å². The van der Waals surface area contributed by atoms with Crippen LogP contribution in [-0.2, 0) is 21.1 Å². The van der Waals surface area contributed by atoms with Gasteiger partial charge < -0.3 is 9.98 Å². The van der Waals surface area contributed by atoms with E-state index in [2.05, 4.69) is 32.1 Å². The first-order valence-electron chi connectivity index (χ1n) is 15.4. The Morgan fingerprint density at radius 3 is 0.863 bits per heavy atom. The Balaban J connectivity index is 0.000000501. The van der Waals surface area contributed by atoms with Gasteiger partial charge in [-0.25, -0.2) is 9.69 Å². The van der Waals surface area contributed by atoms with Gasteiger partial charge in [0.1, 0.15) is 10.8 Å². The molecule has 254 valence electrons. The van der Waals surface area contributed by atoms with Gasteiger partial charge in [-0.3, -0.25) is 0 Å². The third kappa shape index (κ3) is 10.2. The van der Waals surface area contributed by atoms with Crippen molar-refractivity contribution in [1.29, 1.82) is 21.0 Å². The van der Waals surface area contributed by atoms with E-state index in [1.165, 1.54) is 0 Å². The van der Waals surface area contributed by atoms with Gasteiger partial charge in [0.15, 0.2) is 11.4 Å². The first kappa shape index (κ1) is 42.9. The fraction of sp³-hybridized carbons (Fsp3) is 0.238. The third-order valence-corrected chi connectivity index (χ3v) is 7.89. The molecule has 0 amide bonds. The van der Waals surface area contributed by atoms with Gasteiger partial charge >= 0.3 is 21.1 Å². The Kier molecular flexibility index (Phi) is 16.6. The van der Waals surface area contributed by atoms with Gasteiger partial charge in [-0.15, -0.1) is 34.7 Å². The molecule has 9 heteroatoms. The topological polar surface area (TPSA) is 129 Å². The van der Waals surface area contributed by atoms with Crippen LogP contribution >= 0.6 is 0 Å². The fourth-order valence-corrected chi connectivity index (χ4v) is 4.86. The third-order valence-electron chi connectivity index (χ3n) is 7.89. The van der Waals surface area contributed by atoms with Crippen molar-refractivity contribution in [1.82, 2.24) is 0 Å². The quantitative estimate of drug-likeness (QED) is 0.146. The second kappa shape index (κ2) is 19.7. The smallest absolute Gasteiger partial charge is 0.453 e. The molecule has 0 heterocycles. The van der Waals surface area contributed by atoms with Gasteiger partial charge in [0.05, 0.1) is 37.4 Å². The molecule has 4 aromatic rings. The molecule has 0 fully saturated rings. The van der Waals surface area contributed by atoms with E-state index in [1.807, 2.05) is 128 Å². The van der Waals surface area contributed by atoms with E-state index in [0.29, 0.717) is 11.4 Å². The van der Waals surface area contributed by atoms with Gasteiger partial charge in [-0.05, 0) is 49.9 Å². The second-order valence-electron chi connectivity index (χ2n) is 11.6. The Labute approximate surface area is 316 Å². The monoisotopic (exact) mass is 847 g/mol. The number of aliphatic imine (C=N–C) groups is 2. The molecular formula is C42H36N8Pt. The molecule has 0 atom stereocenters. The van der Waals surface area contributed by atoms with E-state index in [1.54, 1.807) is 24.3 Å².